The number of rotatable bonds is 5. The number of nitrogens with zero attached hydrogens (tertiary/aromatic N) is 3. The predicted octanol–water partition coefficient (Wildman–Crippen LogP) is 3.06. The highest BCUT2D eigenvalue weighted by molar-refractivity contribution is 7.89. The van der Waals surface area contributed by atoms with E-state index < -0.39 is 38.8 Å². The van der Waals surface area contributed by atoms with Crippen molar-refractivity contribution in [2.75, 3.05) is 19.4 Å². The Morgan fingerprint density at radius 2 is 1.70 bits per heavy atom. The highest BCUT2D eigenvalue weighted by Crippen LogP contribution is 2.30. The van der Waals surface area contributed by atoms with Gasteiger partial charge in [-0.1, -0.05) is 6.07 Å². The SMILES string of the molecule is Cc1cc(=O)c(C(=O)Nc2ccc(S(=O)(=O)N(C)C)cc2)nn1-c1cccc(C(F)(F)F)c1. The molecule has 0 spiro atoms. The summed E-state index contributed by atoms with van der Waals surface area (Å²) in [5, 5.41) is 6.40. The van der Waals surface area contributed by atoms with E-state index in [0.717, 1.165) is 27.2 Å². The maximum absolute atomic E-state index is 13.1. The summed E-state index contributed by atoms with van der Waals surface area (Å²) in [4.78, 5) is 25.0. The minimum atomic E-state index is -4.57. The molecule has 1 amide bonds. The van der Waals surface area contributed by atoms with Gasteiger partial charge in [-0.05, 0) is 49.4 Å². The Labute approximate surface area is 187 Å². The normalized spacial score (nSPS) is 12.1. The lowest BCUT2D eigenvalue weighted by Gasteiger charge is -2.14. The summed E-state index contributed by atoms with van der Waals surface area (Å²) in [5.41, 5.74) is -1.71. The van der Waals surface area contributed by atoms with Gasteiger partial charge in [-0.25, -0.2) is 17.4 Å². The predicted molar refractivity (Wildman–Crippen MR) is 115 cm³/mol. The number of sulfonamides is 1. The second-order valence-electron chi connectivity index (χ2n) is 7.22. The Morgan fingerprint density at radius 1 is 1.06 bits per heavy atom. The fourth-order valence-electron chi connectivity index (χ4n) is 2.89. The van der Waals surface area contributed by atoms with E-state index in [9.17, 15) is 31.2 Å². The lowest BCUT2D eigenvalue weighted by molar-refractivity contribution is -0.137. The van der Waals surface area contributed by atoms with Crippen LogP contribution in [-0.4, -0.2) is 42.5 Å². The number of nitrogens with one attached hydrogen (secondary N) is 1. The first-order valence-corrected chi connectivity index (χ1v) is 10.9. The highest BCUT2D eigenvalue weighted by Gasteiger charge is 2.30. The van der Waals surface area contributed by atoms with Crippen LogP contribution in [0.2, 0.25) is 0 Å². The second kappa shape index (κ2) is 8.79. The number of aromatic nitrogens is 2. The lowest BCUT2D eigenvalue weighted by atomic mass is 10.2. The fraction of sp³-hybridized carbons (Fsp3) is 0.190. The van der Waals surface area contributed by atoms with Gasteiger partial charge in [0.05, 0.1) is 16.1 Å². The molecule has 3 rings (SSSR count). The number of benzene rings is 2. The van der Waals surface area contributed by atoms with Crippen molar-refractivity contribution in [3.8, 4) is 5.69 Å². The first-order valence-electron chi connectivity index (χ1n) is 9.43. The molecule has 0 saturated heterocycles. The molecule has 3 aromatic rings. The van der Waals surface area contributed by atoms with Crippen molar-refractivity contribution in [1.82, 2.24) is 14.1 Å². The molecule has 12 heteroatoms. The van der Waals surface area contributed by atoms with E-state index >= 15 is 0 Å². The van der Waals surface area contributed by atoms with Crippen LogP contribution in [-0.2, 0) is 16.2 Å². The largest absolute Gasteiger partial charge is 0.416 e. The zero-order valence-corrected chi connectivity index (χ0v) is 18.5. The van der Waals surface area contributed by atoms with Gasteiger partial charge in [-0.2, -0.15) is 18.3 Å². The molecule has 0 saturated carbocycles. The molecule has 0 aliphatic heterocycles. The fourth-order valence-corrected chi connectivity index (χ4v) is 3.79. The molecule has 33 heavy (non-hydrogen) atoms. The molecule has 0 fully saturated rings. The van der Waals surface area contributed by atoms with Crippen LogP contribution in [0.3, 0.4) is 0 Å². The first-order chi connectivity index (χ1) is 15.3. The molecule has 8 nitrogen and oxygen atoms in total. The molecule has 174 valence electrons. The van der Waals surface area contributed by atoms with Crippen molar-refractivity contribution in [3.05, 3.63) is 81.8 Å². The maximum atomic E-state index is 13.1. The number of anilines is 1. The van der Waals surface area contributed by atoms with Gasteiger partial charge in [-0.15, -0.1) is 0 Å². The molecule has 0 radical (unpaired) electrons. The number of amides is 1. The van der Waals surface area contributed by atoms with Crippen LogP contribution in [0.25, 0.3) is 5.69 Å². The van der Waals surface area contributed by atoms with E-state index in [1.807, 2.05) is 0 Å². The molecule has 0 aliphatic carbocycles. The quantitative estimate of drug-likeness (QED) is 0.605. The first kappa shape index (κ1) is 24.1. The van der Waals surface area contributed by atoms with Crippen LogP contribution in [0, 0.1) is 6.92 Å². The molecule has 2 aromatic carbocycles. The minimum Gasteiger partial charge on any atom is -0.320 e. The van der Waals surface area contributed by atoms with E-state index in [4.69, 9.17) is 0 Å². The molecule has 0 atom stereocenters. The summed E-state index contributed by atoms with van der Waals surface area (Å²) in [6.45, 7) is 1.47. The van der Waals surface area contributed by atoms with E-state index in [0.29, 0.717) is 0 Å². The van der Waals surface area contributed by atoms with Crippen molar-refractivity contribution in [3.63, 3.8) is 0 Å². The number of hydrogen-bond acceptors (Lipinski definition) is 5. The van der Waals surface area contributed by atoms with Gasteiger partial charge in [-0.3, -0.25) is 9.59 Å². The third-order valence-corrected chi connectivity index (χ3v) is 6.46. The Bertz CT molecular complexity index is 1370. The van der Waals surface area contributed by atoms with Crippen molar-refractivity contribution in [1.29, 1.82) is 0 Å². The standard InChI is InChI=1S/C21H19F3N4O4S/c1-13-11-18(29)19(26-28(13)16-6-4-5-14(12-16)21(22,23)24)20(30)25-15-7-9-17(10-8-15)33(31,32)27(2)3/h4-12H,1-3H3,(H,25,30). The minimum absolute atomic E-state index is 0.00543. The number of halogens is 3. The third kappa shape index (κ3) is 5.12. The maximum Gasteiger partial charge on any atom is 0.416 e. The number of aryl methyl sites for hydroxylation is 1. The second-order valence-corrected chi connectivity index (χ2v) is 9.38. The van der Waals surface area contributed by atoms with Crippen LogP contribution in [0.15, 0.2) is 64.3 Å². The Hall–Kier alpha value is -3.51. The van der Waals surface area contributed by atoms with Crippen LogP contribution >= 0.6 is 0 Å². The van der Waals surface area contributed by atoms with E-state index in [2.05, 4.69) is 10.4 Å². The topological polar surface area (TPSA) is 101 Å². The van der Waals surface area contributed by atoms with Gasteiger partial charge >= 0.3 is 6.18 Å². The van der Waals surface area contributed by atoms with E-state index in [1.54, 1.807) is 0 Å². The van der Waals surface area contributed by atoms with Crippen LogP contribution in [0.5, 0.6) is 0 Å². The summed E-state index contributed by atoms with van der Waals surface area (Å²) in [6.07, 6.45) is -4.57. The van der Waals surface area contributed by atoms with Gasteiger partial charge in [0.15, 0.2) is 5.69 Å². The lowest BCUT2D eigenvalue weighted by Crippen LogP contribution is -2.27. The zero-order valence-electron chi connectivity index (χ0n) is 17.7. The van der Waals surface area contributed by atoms with Crippen molar-refractivity contribution < 1.29 is 26.4 Å². The average Bonchev–Trinajstić information content (AvgIpc) is 2.73. The molecular formula is C21H19F3N4O4S. The Balaban J connectivity index is 1.93. The number of alkyl halides is 3. The number of hydrogen-bond donors (Lipinski definition) is 1. The molecule has 1 N–H and O–H groups in total. The zero-order chi connectivity index (χ0) is 24.6. The van der Waals surface area contributed by atoms with Gasteiger partial charge in [0.1, 0.15) is 0 Å². The van der Waals surface area contributed by atoms with Crippen LogP contribution < -0.4 is 10.7 Å². The van der Waals surface area contributed by atoms with E-state index in [1.165, 1.54) is 57.4 Å². The highest BCUT2D eigenvalue weighted by atomic mass is 32.2. The van der Waals surface area contributed by atoms with Crippen molar-refractivity contribution in [2.24, 2.45) is 0 Å². The molecule has 0 bridgehead atoms. The smallest absolute Gasteiger partial charge is 0.320 e. The van der Waals surface area contributed by atoms with Gasteiger partial charge in [0.25, 0.3) is 5.91 Å². The van der Waals surface area contributed by atoms with Gasteiger partial charge in [0.2, 0.25) is 15.5 Å². The van der Waals surface area contributed by atoms with Crippen molar-refractivity contribution >= 4 is 21.6 Å². The summed E-state index contributed by atoms with van der Waals surface area (Å²) in [7, 11) is -0.904. The number of carbonyl (C=O) groups excluding carboxylic acids is 1. The summed E-state index contributed by atoms with van der Waals surface area (Å²) in [5.74, 6) is -0.899. The Kier molecular flexibility index (Phi) is 6.43. The summed E-state index contributed by atoms with van der Waals surface area (Å²) < 4.78 is 65.6. The van der Waals surface area contributed by atoms with Gasteiger partial charge in [0, 0.05) is 31.5 Å². The summed E-state index contributed by atoms with van der Waals surface area (Å²) in [6, 6.07) is 10.7. The van der Waals surface area contributed by atoms with Crippen molar-refractivity contribution in [2.45, 2.75) is 18.0 Å². The number of carbonyl (C=O) groups is 1. The molecule has 0 aliphatic rings. The van der Waals surface area contributed by atoms with Crippen LogP contribution in [0.1, 0.15) is 21.7 Å². The molecule has 1 aromatic heterocycles. The van der Waals surface area contributed by atoms with Gasteiger partial charge < -0.3 is 5.32 Å². The van der Waals surface area contributed by atoms with E-state index in [-0.39, 0.29) is 22.0 Å². The van der Waals surface area contributed by atoms with Crippen LogP contribution in [0.4, 0.5) is 18.9 Å². The Morgan fingerprint density at radius 3 is 2.27 bits per heavy atom. The summed E-state index contributed by atoms with van der Waals surface area (Å²) >= 11 is 0. The monoisotopic (exact) mass is 480 g/mol. The molecule has 0 unspecified atom stereocenters. The third-order valence-electron chi connectivity index (χ3n) is 4.63. The molecule has 1 heterocycles. The average molecular weight is 480 g/mol. The molecular weight excluding hydrogens is 461 g/mol.